The molecule has 0 saturated carbocycles. The second-order valence-corrected chi connectivity index (χ2v) is 4.63. The molecule has 0 N–H and O–H groups in total. The lowest BCUT2D eigenvalue weighted by Gasteiger charge is -2.20. The SMILES string of the molecule is CCOC(=O)C[C@@H]1ON(C)C(=O)N1c1ccc(Cl)cc1. The standard InChI is InChI=1S/C13H15ClN2O4/c1-3-19-12(17)8-11-16(13(18)15(2)20-11)10-6-4-9(14)5-7-10/h4-7,11H,3,8H2,1-2H3/t11-/m0/s1. The zero-order chi connectivity index (χ0) is 14.7. The van der Waals surface area contributed by atoms with Crippen LogP contribution in [0, 0.1) is 0 Å². The zero-order valence-electron chi connectivity index (χ0n) is 11.2. The first-order chi connectivity index (χ1) is 9.52. The Labute approximate surface area is 121 Å². The second-order valence-electron chi connectivity index (χ2n) is 4.20. The van der Waals surface area contributed by atoms with Crippen LogP contribution in [0.2, 0.25) is 5.02 Å². The number of carbonyl (C=O) groups excluding carboxylic acids is 2. The van der Waals surface area contributed by atoms with Crippen LogP contribution in [-0.4, -0.2) is 36.9 Å². The Morgan fingerprint density at radius 1 is 1.40 bits per heavy atom. The minimum Gasteiger partial charge on any atom is -0.466 e. The van der Waals surface area contributed by atoms with E-state index in [1.165, 1.54) is 11.9 Å². The molecule has 1 aliphatic heterocycles. The summed E-state index contributed by atoms with van der Waals surface area (Å²) in [6.07, 6.45) is -0.750. The Morgan fingerprint density at radius 2 is 2.05 bits per heavy atom. The summed E-state index contributed by atoms with van der Waals surface area (Å²) in [5, 5.41) is 1.66. The first-order valence-corrected chi connectivity index (χ1v) is 6.55. The molecule has 0 unspecified atom stereocenters. The Balaban J connectivity index is 2.19. The van der Waals surface area contributed by atoms with E-state index in [-0.39, 0.29) is 19.1 Å². The average molecular weight is 299 g/mol. The number of benzene rings is 1. The number of hydroxylamine groups is 2. The van der Waals surface area contributed by atoms with E-state index < -0.39 is 12.2 Å². The van der Waals surface area contributed by atoms with Crippen molar-refractivity contribution >= 4 is 29.3 Å². The molecular formula is C13H15ClN2O4. The molecule has 2 amide bonds. The van der Waals surface area contributed by atoms with Crippen LogP contribution in [0.1, 0.15) is 13.3 Å². The number of halogens is 1. The highest BCUT2D eigenvalue weighted by molar-refractivity contribution is 6.30. The lowest BCUT2D eigenvalue weighted by Crippen LogP contribution is -2.35. The van der Waals surface area contributed by atoms with Crippen molar-refractivity contribution in [1.29, 1.82) is 0 Å². The highest BCUT2D eigenvalue weighted by Crippen LogP contribution is 2.28. The van der Waals surface area contributed by atoms with Crippen molar-refractivity contribution in [3.05, 3.63) is 29.3 Å². The van der Waals surface area contributed by atoms with Crippen molar-refractivity contribution in [2.75, 3.05) is 18.6 Å². The van der Waals surface area contributed by atoms with Crippen molar-refractivity contribution in [3.63, 3.8) is 0 Å². The van der Waals surface area contributed by atoms with Crippen LogP contribution in [0.3, 0.4) is 0 Å². The Morgan fingerprint density at radius 3 is 2.65 bits per heavy atom. The van der Waals surface area contributed by atoms with E-state index in [4.69, 9.17) is 21.2 Å². The molecule has 108 valence electrons. The van der Waals surface area contributed by atoms with Crippen molar-refractivity contribution in [3.8, 4) is 0 Å². The highest BCUT2D eigenvalue weighted by atomic mass is 35.5. The number of nitrogens with zero attached hydrogens (tertiary/aromatic N) is 2. The van der Waals surface area contributed by atoms with E-state index in [0.717, 1.165) is 5.06 Å². The molecule has 1 fully saturated rings. The third-order valence-corrected chi connectivity index (χ3v) is 3.05. The fourth-order valence-corrected chi connectivity index (χ4v) is 2.05. The molecule has 1 atom stereocenters. The monoisotopic (exact) mass is 298 g/mol. The lowest BCUT2D eigenvalue weighted by atomic mass is 10.2. The third kappa shape index (κ3) is 3.02. The number of hydrogen-bond donors (Lipinski definition) is 0. The van der Waals surface area contributed by atoms with E-state index in [1.807, 2.05) is 0 Å². The van der Waals surface area contributed by atoms with Crippen LogP contribution < -0.4 is 4.90 Å². The van der Waals surface area contributed by atoms with Gasteiger partial charge in [0.15, 0.2) is 6.23 Å². The Kier molecular flexibility index (Phi) is 4.46. The molecule has 0 aliphatic carbocycles. The number of urea groups is 1. The second kappa shape index (κ2) is 6.11. The Bertz CT molecular complexity index is 506. The molecule has 6 nitrogen and oxygen atoms in total. The summed E-state index contributed by atoms with van der Waals surface area (Å²) in [6, 6.07) is 6.39. The number of amides is 2. The summed E-state index contributed by atoms with van der Waals surface area (Å²) in [5.41, 5.74) is 0.609. The van der Waals surface area contributed by atoms with Gasteiger partial charge in [0.2, 0.25) is 0 Å². The molecule has 1 aromatic rings. The number of hydrogen-bond acceptors (Lipinski definition) is 4. The predicted molar refractivity (Wildman–Crippen MR) is 73.2 cm³/mol. The molecule has 1 aromatic carbocycles. The molecule has 0 radical (unpaired) electrons. The number of carbonyl (C=O) groups is 2. The molecule has 2 rings (SSSR count). The van der Waals surface area contributed by atoms with Crippen LogP contribution in [0.4, 0.5) is 10.5 Å². The minimum absolute atomic E-state index is 0.0352. The fourth-order valence-electron chi connectivity index (χ4n) is 1.92. The van der Waals surface area contributed by atoms with Gasteiger partial charge >= 0.3 is 12.0 Å². The van der Waals surface area contributed by atoms with E-state index in [9.17, 15) is 9.59 Å². The third-order valence-electron chi connectivity index (χ3n) is 2.79. The summed E-state index contributed by atoms with van der Waals surface area (Å²) in [5.74, 6) is -0.417. The molecule has 0 spiro atoms. The normalized spacial score (nSPS) is 18.6. The van der Waals surface area contributed by atoms with Crippen LogP contribution in [0.5, 0.6) is 0 Å². The van der Waals surface area contributed by atoms with Gasteiger partial charge in [0, 0.05) is 17.8 Å². The van der Waals surface area contributed by atoms with Gasteiger partial charge in [0.05, 0.1) is 13.0 Å². The number of esters is 1. The van der Waals surface area contributed by atoms with Crippen LogP contribution in [0.15, 0.2) is 24.3 Å². The van der Waals surface area contributed by atoms with Gasteiger partial charge in [-0.25, -0.2) is 14.7 Å². The molecule has 1 aliphatic rings. The van der Waals surface area contributed by atoms with Crippen molar-refractivity contribution in [1.82, 2.24) is 5.06 Å². The average Bonchev–Trinajstić information content (AvgIpc) is 2.66. The van der Waals surface area contributed by atoms with E-state index >= 15 is 0 Å². The van der Waals surface area contributed by atoms with Gasteiger partial charge in [-0.3, -0.25) is 9.69 Å². The summed E-state index contributed by atoms with van der Waals surface area (Å²) in [7, 11) is 1.50. The number of ether oxygens (including phenoxy) is 1. The van der Waals surface area contributed by atoms with Gasteiger partial charge < -0.3 is 4.74 Å². The van der Waals surface area contributed by atoms with Crippen molar-refractivity contribution in [2.45, 2.75) is 19.6 Å². The van der Waals surface area contributed by atoms with Gasteiger partial charge in [-0.15, -0.1) is 0 Å². The first kappa shape index (κ1) is 14.6. The van der Waals surface area contributed by atoms with E-state index in [2.05, 4.69) is 0 Å². The van der Waals surface area contributed by atoms with Gasteiger partial charge in [0.25, 0.3) is 0 Å². The van der Waals surface area contributed by atoms with Crippen LogP contribution >= 0.6 is 11.6 Å². The largest absolute Gasteiger partial charge is 0.466 e. The molecule has 1 saturated heterocycles. The lowest BCUT2D eigenvalue weighted by molar-refractivity contribution is -0.152. The number of rotatable bonds is 4. The Hall–Kier alpha value is -1.79. The molecule has 0 aromatic heterocycles. The van der Waals surface area contributed by atoms with Gasteiger partial charge in [0.1, 0.15) is 0 Å². The zero-order valence-corrected chi connectivity index (χ0v) is 12.0. The molecular weight excluding hydrogens is 284 g/mol. The summed E-state index contributed by atoms with van der Waals surface area (Å²) in [6.45, 7) is 2.01. The van der Waals surface area contributed by atoms with Gasteiger partial charge in [-0.05, 0) is 31.2 Å². The van der Waals surface area contributed by atoms with Crippen LogP contribution in [0.25, 0.3) is 0 Å². The van der Waals surface area contributed by atoms with Gasteiger partial charge in [-0.2, -0.15) is 0 Å². The maximum Gasteiger partial charge on any atom is 0.350 e. The topological polar surface area (TPSA) is 59.1 Å². The molecule has 20 heavy (non-hydrogen) atoms. The first-order valence-electron chi connectivity index (χ1n) is 6.17. The predicted octanol–water partition coefficient (Wildman–Crippen LogP) is 2.42. The van der Waals surface area contributed by atoms with E-state index in [1.54, 1.807) is 31.2 Å². The summed E-state index contributed by atoms with van der Waals surface area (Å²) < 4.78 is 4.88. The quantitative estimate of drug-likeness (QED) is 0.801. The maximum absolute atomic E-state index is 12.1. The molecule has 1 heterocycles. The van der Waals surface area contributed by atoms with Crippen molar-refractivity contribution in [2.24, 2.45) is 0 Å². The van der Waals surface area contributed by atoms with E-state index in [0.29, 0.717) is 10.7 Å². The van der Waals surface area contributed by atoms with Crippen molar-refractivity contribution < 1.29 is 19.2 Å². The minimum atomic E-state index is -0.715. The molecule has 0 bridgehead atoms. The summed E-state index contributed by atoms with van der Waals surface area (Å²) in [4.78, 5) is 30.4. The van der Waals surface area contributed by atoms with Gasteiger partial charge in [-0.1, -0.05) is 11.6 Å². The summed E-state index contributed by atoms with van der Waals surface area (Å²) >= 11 is 5.83. The highest BCUT2D eigenvalue weighted by Gasteiger charge is 2.39. The smallest absolute Gasteiger partial charge is 0.350 e. The van der Waals surface area contributed by atoms with Crippen LogP contribution in [-0.2, 0) is 14.4 Å². The fraction of sp³-hybridized carbons (Fsp3) is 0.385. The number of anilines is 1. The molecule has 7 heteroatoms. The maximum atomic E-state index is 12.1.